The lowest BCUT2D eigenvalue weighted by atomic mass is 9.91. The molecule has 4 heterocycles. The fourth-order valence-electron chi connectivity index (χ4n) is 4.50. The maximum absolute atomic E-state index is 13.4. The molecule has 1 aromatic carbocycles. The van der Waals surface area contributed by atoms with E-state index in [1.807, 2.05) is 36.1 Å². The Morgan fingerprint density at radius 3 is 2.63 bits per heavy atom. The van der Waals surface area contributed by atoms with E-state index in [0.29, 0.717) is 28.8 Å². The number of rotatable bonds is 9. The zero-order valence-corrected chi connectivity index (χ0v) is 23.9. The Morgan fingerprint density at radius 1 is 1.05 bits per heavy atom. The van der Waals surface area contributed by atoms with E-state index in [1.54, 1.807) is 18.3 Å². The van der Waals surface area contributed by atoms with Crippen LogP contribution in [0.5, 0.6) is 0 Å². The lowest BCUT2D eigenvalue weighted by Crippen LogP contribution is -2.39. The molecular formula is C29H36N10O2. The van der Waals surface area contributed by atoms with E-state index < -0.39 is 0 Å². The molecule has 3 N–H and O–H groups in total. The molecule has 12 heteroatoms. The van der Waals surface area contributed by atoms with E-state index in [-0.39, 0.29) is 11.3 Å². The number of H-pyrrole nitrogens is 1. The van der Waals surface area contributed by atoms with Gasteiger partial charge in [-0.1, -0.05) is 26.8 Å². The number of aryl methyl sites for hydroxylation is 1. The molecule has 0 bridgehead atoms. The first kappa shape index (κ1) is 28.1. The van der Waals surface area contributed by atoms with Gasteiger partial charge in [-0.25, -0.2) is 15.1 Å². The van der Waals surface area contributed by atoms with E-state index in [0.717, 1.165) is 56.3 Å². The van der Waals surface area contributed by atoms with Crippen LogP contribution in [0.2, 0.25) is 0 Å². The number of carbonyl (C=O) groups is 1. The second kappa shape index (κ2) is 12.4. The molecule has 12 nitrogen and oxygen atoms in total. The summed E-state index contributed by atoms with van der Waals surface area (Å²) >= 11 is 0. The number of hydrogen-bond acceptors (Lipinski definition) is 10. The third-order valence-corrected chi connectivity index (χ3v) is 6.83. The number of aromatic amines is 1. The number of nitrogens with zero attached hydrogens (tertiary/aromatic N) is 7. The average Bonchev–Trinajstić information content (AvgIpc) is 3.49. The molecule has 1 aliphatic rings. The number of nitrogens with one attached hydrogen (secondary N) is 3. The van der Waals surface area contributed by atoms with Gasteiger partial charge in [0.05, 0.1) is 18.9 Å². The lowest BCUT2D eigenvalue weighted by Gasteiger charge is -2.26. The first-order valence-electron chi connectivity index (χ1n) is 13.7. The van der Waals surface area contributed by atoms with E-state index in [2.05, 4.69) is 66.4 Å². The standard InChI is InChI=1S/C29H36N10O2/c1-20-5-6-21(27(40)36-22-7-8-30-24(16-22)29(2,3)4)15-23(20)39(28-34-19-35-37-28)26-17-25(32-18-33-26)31-9-10-38-11-13-41-14-12-38/h5-8,15-19H,9-14H2,1-4H3,(H,30,36,40)(H,31,32,33)(H,34,35,37). The minimum Gasteiger partial charge on any atom is -0.379 e. The molecule has 0 saturated carbocycles. The molecule has 1 amide bonds. The Labute approximate surface area is 239 Å². The van der Waals surface area contributed by atoms with Crippen LogP contribution in [0.4, 0.5) is 29.0 Å². The van der Waals surface area contributed by atoms with Gasteiger partial charge in [-0.3, -0.25) is 19.6 Å². The van der Waals surface area contributed by atoms with Crippen LogP contribution in [0.15, 0.2) is 55.2 Å². The molecule has 1 aliphatic heterocycles. The molecule has 0 spiro atoms. The summed E-state index contributed by atoms with van der Waals surface area (Å²) in [6, 6.07) is 11.1. The van der Waals surface area contributed by atoms with Crippen molar-refractivity contribution in [2.45, 2.75) is 33.1 Å². The van der Waals surface area contributed by atoms with E-state index >= 15 is 0 Å². The van der Waals surface area contributed by atoms with Crippen LogP contribution in [-0.4, -0.2) is 80.3 Å². The summed E-state index contributed by atoms with van der Waals surface area (Å²) in [6.07, 6.45) is 4.66. The van der Waals surface area contributed by atoms with Crippen molar-refractivity contribution in [2.75, 3.05) is 54.9 Å². The van der Waals surface area contributed by atoms with Gasteiger partial charge in [0, 0.05) is 60.8 Å². The first-order valence-corrected chi connectivity index (χ1v) is 13.7. The van der Waals surface area contributed by atoms with Crippen molar-refractivity contribution in [2.24, 2.45) is 0 Å². The predicted molar refractivity (Wildman–Crippen MR) is 158 cm³/mol. The minimum atomic E-state index is -0.233. The predicted octanol–water partition coefficient (Wildman–Crippen LogP) is 4.06. The van der Waals surface area contributed by atoms with Gasteiger partial charge in [-0.05, 0) is 36.8 Å². The third-order valence-electron chi connectivity index (χ3n) is 6.83. The van der Waals surface area contributed by atoms with E-state index in [1.165, 1.54) is 12.7 Å². The molecule has 0 atom stereocenters. The van der Waals surface area contributed by atoms with Crippen LogP contribution in [0.25, 0.3) is 0 Å². The largest absolute Gasteiger partial charge is 0.379 e. The third kappa shape index (κ3) is 7.02. The number of benzene rings is 1. The number of carbonyl (C=O) groups excluding carboxylic acids is 1. The second-order valence-electron chi connectivity index (χ2n) is 10.9. The molecule has 3 aromatic heterocycles. The Hall–Kier alpha value is -4.42. The molecule has 0 aliphatic carbocycles. The number of amides is 1. The molecular weight excluding hydrogens is 520 g/mol. The molecule has 1 saturated heterocycles. The summed E-state index contributed by atoms with van der Waals surface area (Å²) in [4.78, 5) is 35.3. The van der Waals surface area contributed by atoms with Gasteiger partial charge in [0.15, 0.2) is 0 Å². The summed E-state index contributed by atoms with van der Waals surface area (Å²) < 4.78 is 5.43. The fourth-order valence-corrected chi connectivity index (χ4v) is 4.50. The van der Waals surface area contributed by atoms with Crippen molar-refractivity contribution in [3.8, 4) is 0 Å². The molecule has 4 aromatic rings. The van der Waals surface area contributed by atoms with Crippen LogP contribution in [0, 0.1) is 6.92 Å². The molecule has 41 heavy (non-hydrogen) atoms. The fraction of sp³-hybridized carbons (Fsp3) is 0.379. The Kier molecular flexibility index (Phi) is 8.50. The highest BCUT2D eigenvalue weighted by Gasteiger charge is 2.22. The number of anilines is 5. The Morgan fingerprint density at radius 2 is 1.88 bits per heavy atom. The maximum Gasteiger partial charge on any atom is 0.255 e. The Balaban J connectivity index is 1.39. The quantitative estimate of drug-likeness (QED) is 0.277. The van der Waals surface area contributed by atoms with Crippen LogP contribution in [0.1, 0.15) is 42.4 Å². The number of aromatic nitrogens is 6. The summed E-state index contributed by atoms with van der Waals surface area (Å²) in [5, 5.41) is 13.4. The molecule has 0 radical (unpaired) electrons. The van der Waals surface area contributed by atoms with Crippen molar-refractivity contribution < 1.29 is 9.53 Å². The summed E-state index contributed by atoms with van der Waals surface area (Å²) in [5.41, 5.74) is 3.60. The van der Waals surface area contributed by atoms with Gasteiger partial charge < -0.3 is 15.4 Å². The zero-order valence-electron chi connectivity index (χ0n) is 23.9. The van der Waals surface area contributed by atoms with Gasteiger partial charge >= 0.3 is 0 Å². The molecule has 1 fully saturated rings. The first-order chi connectivity index (χ1) is 19.8. The highest BCUT2D eigenvalue weighted by atomic mass is 16.5. The second-order valence-corrected chi connectivity index (χ2v) is 10.9. The summed E-state index contributed by atoms with van der Waals surface area (Å²) in [5.74, 6) is 1.50. The van der Waals surface area contributed by atoms with Gasteiger partial charge in [-0.15, -0.1) is 0 Å². The van der Waals surface area contributed by atoms with Crippen molar-refractivity contribution in [1.82, 2.24) is 35.0 Å². The minimum absolute atomic E-state index is 0.136. The number of ether oxygens (including phenoxy) is 1. The normalized spacial score (nSPS) is 14.0. The van der Waals surface area contributed by atoms with Crippen LogP contribution >= 0.6 is 0 Å². The molecule has 0 unspecified atom stereocenters. The van der Waals surface area contributed by atoms with E-state index in [9.17, 15) is 4.79 Å². The van der Waals surface area contributed by atoms with Gasteiger partial charge in [0.25, 0.3) is 5.91 Å². The zero-order chi connectivity index (χ0) is 28.8. The van der Waals surface area contributed by atoms with Crippen LogP contribution in [-0.2, 0) is 10.2 Å². The SMILES string of the molecule is Cc1ccc(C(=O)Nc2ccnc(C(C)(C)C)c2)cc1N(c1cc(NCCN2CCOCC2)ncn1)c1ncn[nH]1. The lowest BCUT2D eigenvalue weighted by molar-refractivity contribution is 0.0398. The van der Waals surface area contributed by atoms with Gasteiger partial charge in [0.2, 0.25) is 5.95 Å². The number of morpholine rings is 1. The highest BCUT2D eigenvalue weighted by molar-refractivity contribution is 6.05. The topological polar surface area (TPSA) is 137 Å². The highest BCUT2D eigenvalue weighted by Crippen LogP contribution is 2.34. The Bertz CT molecular complexity index is 1460. The maximum atomic E-state index is 13.4. The number of hydrogen-bond donors (Lipinski definition) is 3. The molecule has 5 rings (SSSR count). The number of pyridine rings is 1. The van der Waals surface area contributed by atoms with E-state index in [4.69, 9.17) is 4.74 Å². The van der Waals surface area contributed by atoms with Crippen molar-refractivity contribution in [3.63, 3.8) is 0 Å². The smallest absolute Gasteiger partial charge is 0.255 e. The molecule has 214 valence electrons. The van der Waals surface area contributed by atoms with Crippen molar-refractivity contribution >= 4 is 34.9 Å². The average molecular weight is 557 g/mol. The van der Waals surface area contributed by atoms with Crippen LogP contribution in [0.3, 0.4) is 0 Å². The van der Waals surface area contributed by atoms with Crippen molar-refractivity contribution in [1.29, 1.82) is 0 Å². The van der Waals surface area contributed by atoms with Crippen LogP contribution < -0.4 is 15.5 Å². The summed E-state index contributed by atoms with van der Waals surface area (Å²) in [6.45, 7) is 13.2. The van der Waals surface area contributed by atoms with Gasteiger partial charge in [-0.2, -0.15) is 10.1 Å². The van der Waals surface area contributed by atoms with Crippen molar-refractivity contribution in [3.05, 3.63) is 72.1 Å². The van der Waals surface area contributed by atoms with Gasteiger partial charge in [0.1, 0.15) is 24.3 Å². The summed E-state index contributed by atoms with van der Waals surface area (Å²) in [7, 11) is 0. The monoisotopic (exact) mass is 556 g/mol.